The first-order valence-electron chi connectivity index (χ1n) is 4.74. The molecule has 0 radical (unpaired) electrons. The zero-order valence-corrected chi connectivity index (χ0v) is 9.95. The van der Waals surface area contributed by atoms with E-state index in [1.807, 2.05) is 32.1 Å². The van der Waals surface area contributed by atoms with E-state index in [9.17, 15) is 4.79 Å². The van der Waals surface area contributed by atoms with Crippen LogP contribution in [0.2, 0.25) is 0 Å². The fraction of sp³-hybridized carbons (Fsp3) is 0.273. The van der Waals surface area contributed by atoms with Crippen LogP contribution >= 0.6 is 11.8 Å². The third-order valence-corrected chi connectivity index (χ3v) is 2.76. The van der Waals surface area contributed by atoms with Crippen LogP contribution in [0.25, 0.3) is 0 Å². The predicted octanol–water partition coefficient (Wildman–Crippen LogP) is 3.09. The summed E-state index contributed by atoms with van der Waals surface area (Å²) in [6.07, 6.45) is 5.88. The van der Waals surface area contributed by atoms with Crippen molar-refractivity contribution in [1.29, 1.82) is 0 Å². The third kappa shape index (κ3) is 3.94. The fourth-order valence-corrected chi connectivity index (χ4v) is 1.63. The van der Waals surface area contributed by atoms with Gasteiger partial charge in [0.1, 0.15) is 5.76 Å². The Kier molecular flexibility index (Phi) is 4.85. The van der Waals surface area contributed by atoms with Crippen LogP contribution in [0, 0.1) is 0 Å². The summed E-state index contributed by atoms with van der Waals surface area (Å²) in [6.45, 7) is 3.93. The van der Waals surface area contributed by atoms with Crippen LogP contribution in [0.1, 0.15) is 30.1 Å². The zero-order chi connectivity index (χ0) is 12.0. The highest BCUT2D eigenvalue weighted by atomic mass is 32.2. The Morgan fingerprint density at radius 3 is 3.00 bits per heavy atom. The minimum atomic E-state index is -1.07. The van der Waals surface area contributed by atoms with Crippen LogP contribution in [-0.4, -0.2) is 16.2 Å². The fourth-order valence-electron chi connectivity index (χ4n) is 0.947. The summed E-state index contributed by atoms with van der Waals surface area (Å²) in [5.41, 5.74) is -0.0503. The molecule has 0 fully saturated rings. The van der Waals surface area contributed by atoms with Crippen molar-refractivity contribution in [3.8, 4) is 0 Å². The molecule has 16 heavy (non-hydrogen) atoms. The summed E-state index contributed by atoms with van der Waals surface area (Å²) in [6, 6.07) is 1.44. The molecule has 0 spiro atoms. The molecular formula is C11H13NO3S. The summed E-state index contributed by atoms with van der Waals surface area (Å²) >= 11 is 1.58. The Morgan fingerprint density at radius 1 is 1.69 bits per heavy atom. The highest BCUT2D eigenvalue weighted by Crippen LogP contribution is 2.21. The number of allylic oxidation sites excluding steroid dienone is 4. The van der Waals surface area contributed by atoms with Crippen molar-refractivity contribution in [3.05, 3.63) is 40.7 Å². The molecule has 0 amide bonds. The molecule has 1 rings (SSSR count). The Balaban J connectivity index is 2.51. The van der Waals surface area contributed by atoms with E-state index in [0.717, 1.165) is 4.91 Å². The van der Waals surface area contributed by atoms with Crippen molar-refractivity contribution in [2.75, 3.05) is 0 Å². The molecule has 1 N–H and O–H groups in total. The number of rotatable bonds is 5. The minimum absolute atomic E-state index is 0.0503. The molecule has 1 heterocycles. The number of nitrogens with zero attached hydrogens (tertiary/aromatic N) is 1. The molecule has 0 aliphatic carbocycles. The smallest absolute Gasteiger partial charge is 0.358 e. The topological polar surface area (TPSA) is 63.3 Å². The second kappa shape index (κ2) is 6.17. The van der Waals surface area contributed by atoms with Crippen LogP contribution in [0.5, 0.6) is 0 Å². The Morgan fingerprint density at radius 2 is 2.44 bits per heavy atom. The molecule has 0 aromatic carbocycles. The van der Waals surface area contributed by atoms with Gasteiger partial charge in [0.05, 0.1) is 5.75 Å². The average molecular weight is 239 g/mol. The lowest BCUT2D eigenvalue weighted by Gasteiger charge is -1.95. The van der Waals surface area contributed by atoms with E-state index < -0.39 is 5.97 Å². The summed E-state index contributed by atoms with van der Waals surface area (Å²) in [4.78, 5) is 11.7. The summed E-state index contributed by atoms with van der Waals surface area (Å²) in [5.74, 6) is 0.0805. The van der Waals surface area contributed by atoms with Gasteiger partial charge in [-0.2, -0.15) is 0 Å². The van der Waals surface area contributed by atoms with Crippen LogP contribution in [0.3, 0.4) is 0 Å². The van der Waals surface area contributed by atoms with Gasteiger partial charge in [-0.15, -0.1) is 11.8 Å². The lowest BCUT2D eigenvalue weighted by molar-refractivity contribution is 0.0685. The van der Waals surface area contributed by atoms with Crippen LogP contribution < -0.4 is 0 Å². The number of hydrogen-bond donors (Lipinski definition) is 1. The number of carboxylic acid groups (broad SMARTS) is 1. The molecule has 0 saturated heterocycles. The first-order chi connectivity index (χ1) is 7.63. The zero-order valence-electron chi connectivity index (χ0n) is 9.14. The highest BCUT2D eigenvalue weighted by molar-refractivity contribution is 8.02. The van der Waals surface area contributed by atoms with Crippen molar-refractivity contribution in [1.82, 2.24) is 5.16 Å². The van der Waals surface area contributed by atoms with E-state index in [1.54, 1.807) is 11.8 Å². The van der Waals surface area contributed by atoms with Gasteiger partial charge >= 0.3 is 5.97 Å². The largest absolute Gasteiger partial charge is 0.476 e. The second-order valence-corrected chi connectivity index (χ2v) is 4.30. The van der Waals surface area contributed by atoms with Gasteiger partial charge in [-0.1, -0.05) is 23.4 Å². The molecule has 0 atom stereocenters. The van der Waals surface area contributed by atoms with Gasteiger partial charge in [0.25, 0.3) is 0 Å². The van der Waals surface area contributed by atoms with Crippen molar-refractivity contribution in [2.24, 2.45) is 0 Å². The van der Waals surface area contributed by atoms with E-state index in [4.69, 9.17) is 9.63 Å². The van der Waals surface area contributed by atoms with Crippen molar-refractivity contribution in [2.45, 2.75) is 19.6 Å². The van der Waals surface area contributed by atoms with Gasteiger partial charge in [0.2, 0.25) is 0 Å². The van der Waals surface area contributed by atoms with Gasteiger partial charge in [-0.05, 0) is 18.8 Å². The summed E-state index contributed by atoms with van der Waals surface area (Å²) in [5, 5.41) is 12.1. The minimum Gasteiger partial charge on any atom is -0.476 e. The van der Waals surface area contributed by atoms with Gasteiger partial charge < -0.3 is 9.63 Å². The maximum absolute atomic E-state index is 10.5. The Labute approximate surface area is 98.0 Å². The lowest BCUT2D eigenvalue weighted by Crippen LogP contribution is -1.94. The summed E-state index contributed by atoms with van der Waals surface area (Å²) < 4.78 is 4.88. The monoisotopic (exact) mass is 239 g/mol. The van der Waals surface area contributed by atoms with Gasteiger partial charge in [0, 0.05) is 6.07 Å². The first kappa shape index (κ1) is 12.6. The molecule has 0 unspecified atom stereocenters. The average Bonchev–Trinajstić information content (AvgIpc) is 2.72. The second-order valence-electron chi connectivity index (χ2n) is 3.08. The molecule has 0 saturated carbocycles. The standard InChI is InChI=1S/C11H13NO3S/c1-3-4-5-8(2)16-7-9-6-10(11(13)14)12-15-9/h3-6H,7H2,1-2H3,(H,13,14)/b4-3-,8-5+. The van der Waals surface area contributed by atoms with E-state index >= 15 is 0 Å². The van der Waals surface area contributed by atoms with Gasteiger partial charge in [-0.3, -0.25) is 0 Å². The molecular weight excluding hydrogens is 226 g/mol. The number of thioether (sulfide) groups is 1. The lowest BCUT2D eigenvalue weighted by atomic mass is 10.4. The number of carboxylic acids is 1. The Hall–Kier alpha value is -1.49. The molecule has 0 bridgehead atoms. The van der Waals surface area contributed by atoms with Crippen LogP contribution in [0.15, 0.2) is 33.7 Å². The summed E-state index contributed by atoms with van der Waals surface area (Å²) in [7, 11) is 0. The van der Waals surface area contributed by atoms with E-state index in [1.165, 1.54) is 6.07 Å². The van der Waals surface area contributed by atoms with Gasteiger partial charge in [-0.25, -0.2) is 4.79 Å². The molecule has 5 heteroatoms. The van der Waals surface area contributed by atoms with E-state index in [-0.39, 0.29) is 5.69 Å². The number of aromatic nitrogens is 1. The SMILES string of the molecule is C/C=C\C=C(/C)SCc1cc(C(=O)O)no1. The molecule has 0 aliphatic heterocycles. The highest BCUT2D eigenvalue weighted by Gasteiger charge is 2.10. The van der Waals surface area contributed by atoms with Crippen molar-refractivity contribution in [3.63, 3.8) is 0 Å². The van der Waals surface area contributed by atoms with Crippen LogP contribution in [0.4, 0.5) is 0 Å². The normalized spacial score (nSPS) is 12.2. The quantitative estimate of drug-likeness (QED) is 0.800. The van der Waals surface area contributed by atoms with E-state index in [2.05, 4.69) is 5.16 Å². The maximum atomic E-state index is 10.5. The van der Waals surface area contributed by atoms with Gasteiger partial charge in [0.15, 0.2) is 5.69 Å². The molecule has 1 aromatic rings. The number of hydrogen-bond acceptors (Lipinski definition) is 4. The molecule has 1 aromatic heterocycles. The molecule has 86 valence electrons. The molecule has 4 nitrogen and oxygen atoms in total. The van der Waals surface area contributed by atoms with E-state index in [0.29, 0.717) is 11.5 Å². The number of carbonyl (C=O) groups is 1. The van der Waals surface area contributed by atoms with Crippen LogP contribution in [-0.2, 0) is 5.75 Å². The first-order valence-corrected chi connectivity index (χ1v) is 5.73. The Bertz CT molecular complexity index is 421. The molecule has 0 aliphatic rings. The maximum Gasteiger partial charge on any atom is 0.358 e. The number of aromatic carboxylic acids is 1. The predicted molar refractivity (Wildman–Crippen MR) is 63.3 cm³/mol. The third-order valence-electron chi connectivity index (χ3n) is 1.74. The van der Waals surface area contributed by atoms with Crippen molar-refractivity contribution < 1.29 is 14.4 Å². The van der Waals surface area contributed by atoms with Crippen molar-refractivity contribution >= 4 is 17.7 Å².